The van der Waals surface area contributed by atoms with Gasteiger partial charge >= 0.3 is 5.97 Å². The fourth-order valence-corrected chi connectivity index (χ4v) is 6.85. The number of nitrogens with zero attached hydrogens (tertiary/aromatic N) is 2. The third-order valence-electron chi connectivity index (χ3n) is 8.46. The summed E-state index contributed by atoms with van der Waals surface area (Å²) in [6.45, 7) is 6.71. The van der Waals surface area contributed by atoms with Crippen molar-refractivity contribution in [2.24, 2.45) is 22.7 Å². The molecule has 1 aromatic rings. The Labute approximate surface area is 209 Å². The maximum atomic E-state index is 14.1. The topological polar surface area (TPSA) is 70.0 Å². The second kappa shape index (κ2) is 10.4. The fourth-order valence-electron chi connectivity index (χ4n) is 6.48. The highest BCUT2D eigenvalue weighted by Crippen LogP contribution is 2.47. The van der Waals surface area contributed by atoms with Gasteiger partial charge in [0.25, 0.3) is 5.91 Å². The number of aliphatic imine (C=N–C) groups is 1. The molecule has 0 radical (unpaired) electrons. The van der Waals surface area contributed by atoms with Gasteiger partial charge in [-0.05, 0) is 80.9 Å². The number of aromatic carboxylic acids is 1. The maximum absolute atomic E-state index is 14.1. The molecule has 5 nitrogen and oxygen atoms in total. The Morgan fingerprint density at radius 1 is 1.15 bits per heavy atom. The molecule has 0 bridgehead atoms. The smallest absolute Gasteiger partial charge is 0.335 e. The minimum atomic E-state index is -0.935. The summed E-state index contributed by atoms with van der Waals surface area (Å²) in [5.74, 6) is 0.572. The molecule has 3 aliphatic rings. The summed E-state index contributed by atoms with van der Waals surface area (Å²) in [5.41, 5.74) is 1.50. The van der Waals surface area contributed by atoms with Crippen molar-refractivity contribution in [3.63, 3.8) is 0 Å². The van der Waals surface area contributed by atoms with E-state index in [1.165, 1.54) is 6.42 Å². The lowest BCUT2D eigenvalue weighted by atomic mass is 9.85. The predicted octanol–water partition coefficient (Wildman–Crippen LogP) is 6.85. The first kappa shape index (κ1) is 25.2. The number of hydrogen-bond acceptors (Lipinski definition) is 3. The summed E-state index contributed by atoms with van der Waals surface area (Å²) in [6, 6.07) is 6.93. The molecule has 1 heterocycles. The lowest BCUT2D eigenvalue weighted by Crippen LogP contribution is -2.49. The van der Waals surface area contributed by atoms with E-state index in [1.54, 1.807) is 12.1 Å². The molecule has 5 atom stereocenters. The van der Waals surface area contributed by atoms with E-state index in [9.17, 15) is 14.7 Å². The van der Waals surface area contributed by atoms with Crippen LogP contribution in [-0.4, -0.2) is 38.6 Å². The van der Waals surface area contributed by atoms with Crippen LogP contribution in [0.5, 0.6) is 0 Å². The largest absolute Gasteiger partial charge is 0.478 e. The molecule has 6 heteroatoms. The summed E-state index contributed by atoms with van der Waals surface area (Å²) in [5, 5.41) is 9.45. The van der Waals surface area contributed by atoms with Crippen LogP contribution in [-0.2, 0) is 4.79 Å². The number of carboxylic acids is 1. The lowest BCUT2D eigenvalue weighted by molar-refractivity contribution is -0.132. The number of carbonyl (C=O) groups is 2. The summed E-state index contributed by atoms with van der Waals surface area (Å²) >= 11 is 6.53. The van der Waals surface area contributed by atoms with E-state index in [-0.39, 0.29) is 28.8 Å². The van der Waals surface area contributed by atoms with Crippen molar-refractivity contribution in [3.05, 3.63) is 35.4 Å². The van der Waals surface area contributed by atoms with Crippen LogP contribution >= 0.6 is 11.6 Å². The molecule has 0 aromatic heterocycles. The Kier molecular flexibility index (Phi) is 7.71. The number of carbonyl (C=O) groups excluding carboxylic acids is 1. The molecule has 1 N–H and O–H groups in total. The Hall–Kier alpha value is -1.88. The molecule has 1 spiro atoms. The van der Waals surface area contributed by atoms with Gasteiger partial charge in [-0.1, -0.05) is 45.7 Å². The average Bonchev–Trinajstić information content (AvgIpc) is 2.95. The third kappa shape index (κ3) is 4.91. The zero-order chi connectivity index (χ0) is 24.5. The maximum Gasteiger partial charge on any atom is 0.335 e. The summed E-state index contributed by atoms with van der Waals surface area (Å²) in [7, 11) is 0. The van der Waals surface area contributed by atoms with Crippen molar-refractivity contribution >= 4 is 29.2 Å². The predicted molar refractivity (Wildman–Crippen MR) is 136 cm³/mol. The van der Waals surface area contributed by atoms with Gasteiger partial charge in [-0.25, -0.2) is 4.79 Å². The van der Waals surface area contributed by atoms with Crippen LogP contribution < -0.4 is 0 Å². The molecular weight excluding hydrogens is 448 g/mol. The molecule has 5 unspecified atom stereocenters. The van der Waals surface area contributed by atoms with Crippen LogP contribution in [0.1, 0.15) is 107 Å². The number of halogens is 1. The first-order valence-corrected chi connectivity index (χ1v) is 13.6. The minimum absolute atomic E-state index is 0.0768. The van der Waals surface area contributed by atoms with Crippen molar-refractivity contribution in [1.29, 1.82) is 0 Å². The highest BCUT2D eigenvalue weighted by atomic mass is 35.5. The van der Waals surface area contributed by atoms with Gasteiger partial charge in [0, 0.05) is 11.3 Å². The number of carboxylic acid groups (broad SMARTS) is 1. The van der Waals surface area contributed by atoms with E-state index in [0.29, 0.717) is 11.8 Å². The van der Waals surface area contributed by atoms with Gasteiger partial charge in [-0.2, -0.15) is 0 Å². The molecule has 186 valence electrons. The van der Waals surface area contributed by atoms with Crippen LogP contribution in [0.3, 0.4) is 0 Å². The Morgan fingerprint density at radius 2 is 1.88 bits per heavy atom. The average molecular weight is 487 g/mol. The number of benzene rings is 1. The molecule has 1 amide bonds. The zero-order valence-electron chi connectivity index (χ0n) is 20.8. The molecule has 2 saturated carbocycles. The van der Waals surface area contributed by atoms with E-state index in [2.05, 4.69) is 25.7 Å². The van der Waals surface area contributed by atoms with Gasteiger partial charge < -0.3 is 10.0 Å². The molecule has 2 fully saturated rings. The van der Waals surface area contributed by atoms with Gasteiger partial charge in [0.05, 0.1) is 11.6 Å². The van der Waals surface area contributed by atoms with E-state index in [1.807, 2.05) is 12.1 Å². The number of hydrogen-bond donors (Lipinski definition) is 1. The van der Waals surface area contributed by atoms with Crippen LogP contribution in [0.2, 0.25) is 0 Å². The van der Waals surface area contributed by atoms with E-state index < -0.39 is 11.6 Å². The second-order valence-electron chi connectivity index (χ2n) is 10.9. The van der Waals surface area contributed by atoms with Gasteiger partial charge in [-0.3, -0.25) is 9.79 Å². The summed E-state index contributed by atoms with van der Waals surface area (Å²) in [6.07, 6.45) is 9.75. The van der Waals surface area contributed by atoms with Crippen molar-refractivity contribution in [3.8, 4) is 0 Å². The van der Waals surface area contributed by atoms with Gasteiger partial charge in [0.1, 0.15) is 11.4 Å². The van der Waals surface area contributed by atoms with Crippen LogP contribution in [0.15, 0.2) is 29.3 Å². The molecule has 4 rings (SSSR count). The fraction of sp³-hybridized carbons (Fsp3) is 0.679. The monoisotopic (exact) mass is 486 g/mol. The van der Waals surface area contributed by atoms with Crippen molar-refractivity contribution in [2.45, 2.75) is 102 Å². The standard InChI is InChI=1S/C28H39ClN2O3/c1-4-24(20-10-12-21(13-11-20)27(33)34)31-26(32)25(22-7-5-9-23(29)17-22)30-28(31)15-6-8-19(14-16-28)18(2)3/h10-13,18-19,22-24H,4-9,14-17H2,1-3H3,(H,33,34). The van der Waals surface area contributed by atoms with E-state index in [4.69, 9.17) is 16.6 Å². The molecule has 34 heavy (non-hydrogen) atoms. The molecular formula is C28H39ClN2O3. The Balaban J connectivity index is 1.72. The zero-order valence-corrected chi connectivity index (χ0v) is 21.6. The van der Waals surface area contributed by atoms with Crippen molar-refractivity contribution in [2.75, 3.05) is 0 Å². The SMILES string of the molecule is CCC(c1ccc(C(=O)O)cc1)N1C(=O)C(C2CCCC(Cl)C2)=NC12CCCC(C(C)C)CC2. The van der Waals surface area contributed by atoms with Gasteiger partial charge in [0.2, 0.25) is 0 Å². The van der Waals surface area contributed by atoms with Gasteiger partial charge in [0.15, 0.2) is 0 Å². The van der Waals surface area contributed by atoms with Crippen molar-refractivity contribution < 1.29 is 14.7 Å². The summed E-state index contributed by atoms with van der Waals surface area (Å²) < 4.78 is 0. The van der Waals surface area contributed by atoms with Crippen molar-refractivity contribution in [1.82, 2.24) is 4.90 Å². The number of rotatable bonds is 6. The molecule has 0 saturated heterocycles. The first-order valence-electron chi connectivity index (χ1n) is 13.2. The van der Waals surface area contributed by atoms with E-state index >= 15 is 0 Å². The number of alkyl halides is 1. The minimum Gasteiger partial charge on any atom is -0.478 e. The molecule has 1 aromatic carbocycles. The third-order valence-corrected chi connectivity index (χ3v) is 8.86. The normalized spacial score (nSPS) is 31.0. The van der Waals surface area contributed by atoms with Gasteiger partial charge in [-0.15, -0.1) is 11.6 Å². The number of amides is 1. The quantitative estimate of drug-likeness (QED) is 0.447. The molecule has 2 aliphatic carbocycles. The molecule has 1 aliphatic heterocycles. The van der Waals surface area contributed by atoms with E-state index in [0.717, 1.165) is 69.1 Å². The highest BCUT2D eigenvalue weighted by Gasteiger charge is 2.52. The van der Waals surface area contributed by atoms with Crippen LogP contribution in [0.4, 0.5) is 0 Å². The first-order chi connectivity index (χ1) is 16.3. The lowest BCUT2D eigenvalue weighted by Gasteiger charge is -2.41. The Bertz CT molecular complexity index is 928. The van der Waals surface area contributed by atoms with Crippen LogP contribution in [0.25, 0.3) is 0 Å². The van der Waals surface area contributed by atoms with Crippen LogP contribution in [0, 0.1) is 17.8 Å². The second-order valence-corrected chi connectivity index (χ2v) is 11.5. The summed E-state index contributed by atoms with van der Waals surface area (Å²) in [4.78, 5) is 32.9. The highest BCUT2D eigenvalue weighted by molar-refractivity contribution is 6.41. The Morgan fingerprint density at radius 3 is 2.50 bits per heavy atom.